The van der Waals surface area contributed by atoms with E-state index in [1.54, 1.807) is 0 Å². The largest absolute Gasteiger partial charge is 0.287 e. The van der Waals surface area contributed by atoms with E-state index in [4.69, 9.17) is 0 Å². The van der Waals surface area contributed by atoms with Crippen LogP contribution < -0.4 is 4.57 Å². The Bertz CT molecular complexity index is 1590. The quantitative estimate of drug-likeness (QED) is 0.225. The van der Waals surface area contributed by atoms with E-state index in [9.17, 15) is 0 Å². The van der Waals surface area contributed by atoms with Crippen molar-refractivity contribution in [3.63, 3.8) is 0 Å². The van der Waals surface area contributed by atoms with E-state index in [1.165, 1.54) is 50.4 Å². The number of para-hydroxylation sites is 1. The third kappa shape index (κ3) is 3.99. The van der Waals surface area contributed by atoms with Crippen molar-refractivity contribution in [2.75, 3.05) is 0 Å². The third-order valence-electron chi connectivity index (χ3n) is 7.34. The molecule has 0 radical (unpaired) electrons. The monoisotopic (exact) mass is 467 g/mol. The number of imidazole rings is 1. The highest BCUT2D eigenvalue weighted by atomic mass is 15.2. The highest BCUT2D eigenvalue weighted by Gasteiger charge is 2.25. The molecule has 0 fully saturated rings. The van der Waals surface area contributed by atoms with Crippen LogP contribution in [0, 0.1) is 0 Å². The smallest absolute Gasteiger partial charge is 0.223 e. The molecule has 0 bridgehead atoms. The number of aryl methyl sites for hydroxylation is 1. The van der Waals surface area contributed by atoms with Crippen LogP contribution in [-0.4, -0.2) is 4.57 Å². The molecule has 0 saturated carbocycles. The van der Waals surface area contributed by atoms with Crippen LogP contribution in [0.4, 0.5) is 0 Å². The summed E-state index contributed by atoms with van der Waals surface area (Å²) in [5.74, 6) is 1.53. The van der Waals surface area contributed by atoms with Crippen LogP contribution in [0.25, 0.3) is 34.4 Å². The van der Waals surface area contributed by atoms with Gasteiger partial charge < -0.3 is 0 Å². The van der Waals surface area contributed by atoms with Crippen molar-refractivity contribution in [3.8, 4) is 5.69 Å². The molecule has 6 rings (SSSR count). The van der Waals surface area contributed by atoms with Crippen LogP contribution in [0.3, 0.4) is 0 Å². The number of hydrogen-bond acceptors (Lipinski definition) is 0. The van der Waals surface area contributed by atoms with Gasteiger partial charge >= 0.3 is 0 Å². The zero-order valence-corrected chi connectivity index (χ0v) is 20.9. The van der Waals surface area contributed by atoms with E-state index >= 15 is 0 Å². The van der Waals surface area contributed by atoms with Gasteiger partial charge in [0.15, 0.2) is 11.0 Å². The molecule has 1 unspecified atom stereocenters. The molecule has 1 aliphatic carbocycles. The van der Waals surface area contributed by atoms with Gasteiger partial charge in [0, 0.05) is 6.08 Å². The Kier molecular flexibility index (Phi) is 5.87. The number of hydrogen-bond donors (Lipinski definition) is 0. The van der Waals surface area contributed by atoms with Gasteiger partial charge in [0.25, 0.3) is 5.82 Å². The van der Waals surface area contributed by atoms with Crippen LogP contribution in [-0.2, 0) is 13.0 Å². The number of fused-ring (bicyclic) bond motifs is 2. The van der Waals surface area contributed by atoms with E-state index < -0.39 is 0 Å². The Balaban J connectivity index is 1.49. The first-order chi connectivity index (χ1) is 17.7. The van der Waals surface area contributed by atoms with Gasteiger partial charge in [0.1, 0.15) is 5.69 Å². The molecule has 2 heteroatoms. The minimum atomic E-state index is 0.330. The van der Waals surface area contributed by atoms with Gasteiger partial charge in [-0.3, -0.25) is 0 Å². The molecule has 0 spiro atoms. The van der Waals surface area contributed by atoms with Crippen molar-refractivity contribution in [1.82, 2.24) is 4.57 Å². The predicted molar refractivity (Wildman–Crippen MR) is 151 cm³/mol. The normalized spacial score (nSPS) is 13.8. The lowest BCUT2D eigenvalue weighted by molar-refractivity contribution is -0.670. The molecule has 5 aromatic rings. The number of nitrogens with zero attached hydrogens (tertiary/aromatic N) is 2. The minimum Gasteiger partial charge on any atom is -0.223 e. The first-order valence-electron chi connectivity index (χ1n) is 12.9. The van der Waals surface area contributed by atoms with Gasteiger partial charge in [-0.1, -0.05) is 97.9 Å². The van der Waals surface area contributed by atoms with Crippen molar-refractivity contribution in [1.29, 1.82) is 0 Å². The number of benzene rings is 4. The summed E-state index contributed by atoms with van der Waals surface area (Å²) in [6.45, 7) is 5.41. The van der Waals surface area contributed by atoms with Crippen molar-refractivity contribution < 1.29 is 4.57 Å². The lowest BCUT2D eigenvalue weighted by Crippen LogP contribution is -2.35. The molecule has 2 nitrogen and oxygen atoms in total. The third-order valence-corrected chi connectivity index (χ3v) is 7.34. The number of rotatable bonds is 6. The van der Waals surface area contributed by atoms with Crippen LogP contribution in [0.2, 0.25) is 0 Å². The summed E-state index contributed by atoms with van der Waals surface area (Å²) in [6.07, 6.45) is 7.97. The Hall–Kier alpha value is -4.17. The molecule has 0 amide bonds. The summed E-state index contributed by atoms with van der Waals surface area (Å²) in [5, 5.41) is 0. The van der Waals surface area contributed by atoms with Crippen molar-refractivity contribution >= 4 is 28.8 Å². The fourth-order valence-electron chi connectivity index (χ4n) is 5.40. The minimum absolute atomic E-state index is 0.330. The molecule has 1 heterocycles. The number of allylic oxidation sites excluding steroid dienone is 2. The van der Waals surface area contributed by atoms with Gasteiger partial charge in [-0.2, -0.15) is 4.57 Å². The molecule has 0 N–H and O–H groups in total. The fourth-order valence-corrected chi connectivity index (χ4v) is 5.40. The highest BCUT2D eigenvalue weighted by Crippen LogP contribution is 2.33. The molecule has 0 aliphatic heterocycles. The first kappa shape index (κ1) is 22.3. The Labute approximate surface area is 213 Å². The average molecular weight is 468 g/mol. The van der Waals surface area contributed by atoms with Crippen molar-refractivity contribution in [2.45, 2.75) is 32.7 Å². The molecule has 176 valence electrons. The summed E-state index contributed by atoms with van der Waals surface area (Å²) in [4.78, 5) is 0. The Morgan fingerprint density at radius 1 is 0.861 bits per heavy atom. The molecule has 1 aromatic heterocycles. The van der Waals surface area contributed by atoms with Crippen LogP contribution in [0.15, 0.2) is 109 Å². The topological polar surface area (TPSA) is 8.81 Å². The van der Waals surface area contributed by atoms with E-state index in [0.717, 1.165) is 13.0 Å². The molecule has 36 heavy (non-hydrogen) atoms. The highest BCUT2D eigenvalue weighted by molar-refractivity contribution is 5.91. The Morgan fingerprint density at radius 3 is 2.33 bits per heavy atom. The van der Waals surface area contributed by atoms with E-state index in [0.29, 0.717) is 5.92 Å². The van der Waals surface area contributed by atoms with Crippen LogP contribution >= 0.6 is 0 Å². The summed E-state index contributed by atoms with van der Waals surface area (Å²) < 4.78 is 4.84. The van der Waals surface area contributed by atoms with Crippen molar-refractivity contribution in [3.05, 3.63) is 137 Å². The maximum Gasteiger partial charge on any atom is 0.287 e. The lowest BCUT2D eigenvalue weighted by Gasteiger charge is -2.06. The second-order valence-corrected chi connectivity index (χ2v) is 9.58. The lowest BCUT2D eigenvalue weighted by atomic mass is 10.0. The van der Waals surface area contributed by atoms with E-state index in [2.05, 4.69) is 144 Å². The van der Waals surface area contributed by atoms with E-state index in [1.807, 2.05) is 0 Å². The SMILES string of the molecule is CC[n+]1c(/C=C/C(C)c2ccccc2)n(-c2ccccc2)c2ccc(C3=Cc4ccccc4C3)cc21. The van der Waals surface area contributed by atoms with Gasteiger partial charge in [0.05, 0.1) is 6.54 Å². The fraction of sp³-hybridized carbons (Fsp3) is 0.147. The molecule has 4 aromatic carbocycles. The zero-order chi connectivity index (χ0) is 24.5. The molecular weight excluding hydrogens is 436 g/mol. The van der Waals surface area contributed by atoms with Crippen molar-refractivity contribution in [2.24, 2.45) is 0 Å². The molecule has 1 atom stereocenters. The summed E-state index contributed by atoms with van der Waals surface area (Å²) in [5.41, 5.74) is 10.5. The first-order valence-corrected chi connectivity index (χ1v) is 12.9. The maximum absolute atomic E-state index is 2.45. The van der Waals surface area contributed by atoms with Gasteiger partial charge in [0.2, 0.25) is 0 Å². The molecule has 1 aliphatic rings. The molecular formula is C34H31N2+. The summed E-state index contributed by atoms with van der Waals surface area (Å²) in [6, 6.07) is 37.1. The summed E-state index contributed by atoms with van der Waals surface area (Å²) >= 11 is 0. The van der Waals surface area contributed by atoms with E-state index in [-0.39, 0.29) is 0 Å². The van der Waals surface area contributed by atoms with Crippen LogP contribution in [0.1, 0.15) is 47.8 Å². The average Bonchev–Trinajstić information content (AvgIpc) is 3.51. The Morgan fingerprint density at radius 2 is 1.58 bits per heavy atom. The molecule has 0 saturated heterocycles. The van der Waals surface area contributed by atoms with Gasteiger partial charge in [-0.25, -0.2) is 4.57 Å². The standard InChI is InChI=1S/C34H31N2/c1-3-35-33-24-29(30-22-27-14-10-11-15-28(27)23-30)19-20-32(33)36(31-16-8-5-9-17-31)34(35)21-18-25(2)26-12-6-4-7-13-26/h4-22,24-25H,3,23H2,1-2H3/q+1/b21-18+. The van der Waals surface area contributed by atoms with Gasteiger partial charge in [-0.05, 0) is 71.4 Å². The maximum atomic E-state index is 2.45. The van der Waals surface area contributed by atoms with Gasteiger partial charge in [-0.15, -0.1) is 0 Å². The summed E-state index contributed by atoms with van der Waals surface area (Å²) in [7, 11) is 0. The predicted octanol–water partition coefficient (Wildman–Crippen LogP) is 7.85. The van der Waals surface area contributed by atoms with Crippen LogP contribution in [0.5, 0.6) is 0 Å². The second kappa shape index (κ2) is 9.47. The second-order valence-electron chi connectivity index (χ2n) is 9.58. The zero-order valence-electron chi connectivity index (χ0n) is 20.9. The number of aromatic nitrogens is 2.